The van der Waals surface area contributed by atoms with Crippen molar-refractivity contribution in [3.05, 3.63) is 59.4 Å². The lowest BCUT2D eigenvalue weighted by atomic mass is 9.65. The summed E-state index contributed by atoms with van der Waals surface area (Å²) in [5.74, 6) is -0.611. The van der Waals surface area contributed by atoms with Crippen LogP contribution in [0.4, 0.5) is 0 Å². The van der Waals surface area contributed by atoms with Crippen LogP contribution in [0, 0.1) is 5.92 Å². The van der Waals surface area contributed by atoms with E-state index in [1.165, 1.54) is 6.08 Å². The molecule has 1 unspecified atom stereocenters. The van der Waals surface area contributed by atoms with E-state index in [-0.39, 0.29) is 34.9 Å². The Morgan fingerprint density at radius 2 is 1.85 bits per heavy atom. The second-order valence-corrected chi connectivity index (χ2v) is 15.7. The summed E-state index contributed by atoms with van der Waals surface area (Å²) in [5, 5.41) is 3.94. The lowest BCUT2D eigenvalue weighted by Crippen LogP contribution is -2.65. The van der Waals surface area contributed by atoms with Crippen molar-refractivity contribution >= 4 is 19.9 Å². The summed E-state index contributed by atoms with van der Waals surface area (Å²) in [6, 6.07) is 9.27. The Morgan fingerprint density at radius 3 is 2.47 bits per heavy atom. The zero-order valence-electron chi connectivity index (χ0n) is 21.0. The van der Waals surface area contributed by atoms with Gasteiger partial charge in [0, 0.05) is 5.92 Å². The van der Waals surface area contributed by atoms with Gasteiger partial charge >= 0.3 is 0 Å². The highest BCUT2D eigenvalue weighted by Crippen LogP contribution is 2.53. The Hall–Kier alpha value is -2.55. The first kappa shape index (κ1) is 24.6. The van der Waals surface area contributed by atoms with Crippen molar-refractivity contribution in [1.82, 2.24) is 10.1 Å². The molecule has 0 spiro atoms. The van der Waals surface area contributed by atoms with E-state index in [0.29, 0.717) is 12.2 Å². The van der Waals surface area contributed by atoms with Gasteiger partial charge in [-0.25, -0.2) is 0 Å². The van der Waals surface area contributed by atoms with Gasteiger partial charge < -0.3 is 13.7 Å². The van der Waals surface area contributed by atoms with Crippen LogP contribution in [0.1, 0.15) is 54.9 Å². The number of ether oxygens (including phenoxy) is 1. The van der Waals surface area contributed by atoms with Crippen LogP contribution in [0.2, 0.25) is 18.1 Å². The molecule has 0 N–H and O–H groups in total. The normalized spacial score (nSPS) is 24.8. The summed E-state index contributed by atoms with van der Waals surface area (Å²) >= 11 is 0. The summed E-state index contributed by atoms with van der Waals surface area (Å²) in [6.07, 6.45) is 3.85. The molecule has 8 heteroatoms. The van der Waals surface area contributed by atoms with Crippen molar-refractivity contribution in [3.8, 4) is 5.88 Å². The predicted octanol–water partition coefficient (Wildman–Crippen LogP) is 4.96. The second-order valence-electron chi connectivity index (χ2n) is 10.9. The molecule has 0 radical (unpaired) electrons. The van der Waals surface area contributed by atoms with E-state index in [4.69, 9.17) is 13.7 Å². The minimum absolute atomic E-state index is 0.106. The number of benzene rings is 1. The number of rotatable bonds is 6. The van der Waals surface area contributed by atoms with Crippen LogP contribution < -0.4 is 4.74 Å². The molecule has 1 aromatic carbocycles. The van der Waals surface area contributed by atoms with E-state index in [1.807, 2.05) is 55.4 Å². The average molecular weight is 483 g/mol. The summed E-state index contributed by atoms with van der Waals surface area (Å²) in [7, 11) is 1.29. The van der Waals surface area contributed by atoms with Gasteiger partial charge in [-0.15, -0.1) is 0 Å². The number of Topliss-reactive ketones (excluding diaryl/α,β-unsaturated/α-hetero) is 1. The summed E-state index contributed by atoms with van der Waals surface area (Å²) in [5.41, 5.74) is -0.475. The maximum absolute atomic E-state index is 14.3. The molecule has 1 heterocycles. The molecule has 2 aromatic rings. The van der Waals surface area contributed by atoms with Crippen LogP contribution in [0.5, 0.6) is 5.88 Å². The van der Waals surface area contributed by atoms with Gasteiger partial charge in [-0.3, -0.25) is 14.5 Å². The van der Waals surface area contributed by atoms with Crippen molar-refractivity contribution in [2.75, 3.05) is 14.1 Å². The van der Waals surface area contributed by atoms with Gasteiger partial charge in [-0.1, -0.05) is 57.2 Å². The largest absolute Gasteiger partial charge is 0.470 e. The van der Waals surface area contributed by atoms with Crippen molar-refractivity contribution < 1.29 is 23.3 Å². The Balaban J connectivity index is 1.84. The smallest absolute Gasteiger partial charge is 0.265 e. The van der Waals surface area contributed by atoms with Crippen molar-refractivity contribution in [3.63, 3.8) is 0 Å². The molecule has 182 valence electrons. The first-order valence-electron chi connectivity index (χ1n) is 11.7. The number of aromatic nitrogens is 1. The van der Waals surface area contributed by atoms with Crippen molar-refractivity contribution in [2.24, 2.45) is 5.92 Å². The van der Waals surface area contributed by atoms with Crippen LogP contribution in [-0.4, -0.2) is 49.6 Å². The Morgan fingerprint density at radius 1 is 1.18 bits per heavy atom. The van der Waals surface area contributed by atoms with E-state index in [9.17, 15) is 9.59 Å². The molecule has 34 heavy (non-hydrogen) atoms. The quantitative estimate of drug-likeness (QED) is 0.425. The van der Waals surface area contributed by atoms with Crippen molar-refractivity contribution in [1.29, 1.82) is 0 Å². The molecule has 0 amide bonds. The number of carbonyl (C=O) groups excluding carboxylic acids is 2. The third kappa shape index (κ3) is 3.87. The first-order chi connectivity index (χ1) is 15.9. The second kappa shape index (κ2) is 8.59. The molecular formula is C26H34N2O5Si. The molecule has 7 nitrogen and oxygen atoms in total. The molecule has 4 rings (SSSR count). The van der Waals surface area contributed by atoms with Gasteiger partial charge in [0.15, 0.2) is 25.5 Å². The number of allylic oxidation sites excluding steroid dienone is 1. The topological polar surface area (TPSA) is 81.9 Å². The summed E-state index contributed by atoms with van der Waals surface area (Å²) < 4.78 is 18.5. The molecule has 2 aliphatic carbocycles. The molecule has 1 aromatic heterocycles. The average Bonchev–Trinajstić information content (AvgIpc) is 3.17. The van der Waals surface area contributed by atoms with Crippen LogP contribution >= 0.6 is 0 Å². The minimum Gasteiger partial charge on any atom is -0.470 e. The van der Waals surface area contributed by atoms with E-state index in [1.54, 1.807) is 0 Å². The molecule has 0 bridgehead atoms. The highest BCUT2D eigenvalue weighted by atomic mass is 28.4. The maximum atomic E-state index is 14.3. The third-order valence-electron chi connectivity index (χ3n) is 7.45. The third-order valence-corrected chi connectivity index (χ3v) is 11.9. The number of fused-ring (bicyclic) bond motifs is 2. The number of hydrogen-bond acceptors (Lipinski definition) is 7. The van der Waals surface area contributed by atoms with Gasteiger partial charge in [0.25, 0.3) is 5.88 Å². The molecule has 0 aliphatic heterocycles. The van der Waals surface area contributed by atoms with E-state index >= 15 is 0 Å². The Kier molecular flexibility index (Phi) is 6.21. The molecule has 0 saturated carbocycles. The summed E-state index contributed by atoms with van der Waals surface area (Å²) in [4.78, 5) is 29.9. The van der Waals surface area contributed by atoms with Crippen molar-refractivity contribution in [2.45, 2.75) is 63.6 Å². The highest BCUT2D eigenvalue weighted by Gasteiger charge is 2.65. The zero-order valence-corrected chi connectivity index (χ0v) is 22.0. The first-order valence-corrected chi connectivity index (χ1v) is 14.6. The number of nitrogens with zero attached hydrogens (tertiary/aromatic N) is 2. The van der Waals surface area contributed by atoms with Crippen LogP contribution in [0.3, 0.4) is 0 Å². The zero-order chi connectivity index (χ0) is 24.9. The van der Waals surface area contributed by atoms with Gasteiger partial charge in [-0.05, 0) is 55.4 Å². The van der Waals surface area contributed by atoms with Gasteiger partial charge in [-0.2, -0.15) is 0 Å². The number of ketones is 2. The number of hydrogen-bond donors (Lipinski definition) is 0. The fraction of sp³-hybridized carbons (Fsp3) is 0.500. The number of carbonyl (C=O) groups is 2. The fourth-order valence-corrected chi connectivity index (χ4v) is 6.09. The van der Waals surface area contributed by atoms with Crippen LogP contribution in [-0.2, 0) is 15.8 Å². The molecular weight excluding hydrogens is 448 g/mol. The van der Waals surface area contributed by atoms with Gasteiger partial charge in [0.2, 0.25) is 5.78 Å². The lowest BCUT2D eigenvalue weighted by molar-refractivity contribution is -0.135. The summed E-state index contributed by atoms with van der Waals surface area (Å²) in [6.45, 7) is 10.7. The maximum Gasteiger partial charge on any atom is 0.265 e. The molecule has 0 fully saturated rings. The minimum atomic E-state index is -2.53. The van der Waals surface area contributed by atoms with E-state index in [0.717, 1.165) is 5.56 Å². The molecule has 2 aliphatic rings. The van der Waals surface area contributed by atoms with Gasteiger partial charge in [0.1, 0.15) is 12.2 Å². The highest BCUT2D eigenvalue weighted by molar-refractivity contribution is 6.74. The lowest BCUT2D eigenvalue weighted by Gasteiger charge is -2.51. The monoisotopic (exact) mass is 482 g/mol. The fourth-order valence-electron chi connectivity index (χ4n) is 4.64. The standard InChI is InChI=1S/C26H34N2O5Si/c1-25(2,3)34(6,7)33-26-18(14-11-15-19(26)29)21(28(4)5)22-20(23(26)30)24(27-32-22)31-16-17-12-9-8-10-13-17/h8-13,15,18,21H,14,16H2,1-7H3/t18-,21?,26-/m0/s1. The Labute approximate surface area is 202 Å². The SMILES string of the molecule is CN(C)C1c2onc(OCc3ccccc3)c2C(=O)[C@@]2(O[Si](C)(C)C(C)(C)C)C(=O)C=CC[C@@H]12. The molecule has 0 saturated heterocycles. The van der Waals surface area contributed by atoms with Crippen LogP contribution in [0.25, 0.3) is 0 Å². The molecule has 3 atom stereocenters. The predicted molar refractivity (Wildman–Crippen MR) is 131 cm³/mol. The van der Waals surface area contributed by atoms with E-state index < -0.39 is 25.6 Å². The Bertz CT molecular complexity index is 1120. The van der Waals surface area contributed by atoms with Crippen LogP contribution in [0.15, 0.2) is 47.0 Å². The van der Waals surface area contributed by atoms with Gasteiger partial charge in [0.05, 0.1) is 6.04 Å². The van der Waals surface area contributed by atoms with E-state index in [2.05, 4.69) is 39.0 Å².